The van der Waals surface area contributed by atoms with Crippen LogP contribution in [0.25, 0.3) is 0 Å². The molecule has 138 valence electrons. The zero-order chi connectivity index (χ0) is 17.3. The van der Waals surface area contributed by atoms with Crippen molar-refractivity contribution in [1.82, 2.24) is 29.6 Å². The lowest BCUT2D eigenvalue weighted by atomic mass is 9.96. The van der Waals surface area contributed by atoms with Crippen LogP contribution in [-0.2, 0) is 6.54 Å². The smallest absolute Gasteiger partial charge is 0.225 e. The van der Waals surface area contributed by atoms with Crippen LogP contribution in [-0.4, -0.2) is 55.8 Å². The normalized spacial score (nSPS) is 22.2. The molecule has 0 aromatic carbocycles. The van der Waals surface area contributed by atoms with E-state index in [1.165, 1.54) is 50.4 Å². The highest BCUT2D eigenvalue weighted by atomic mass is 15.3. The van der Waals surface area contributed by atoms with Crippen molar-refractivity contribution in [1.29, 1.82) is 0 Å². The van der Waals surface area contributed by atoms with Crippen molar-refractivity contribution < 1.29 is 0 Å². The predicted molar refractivity (Wildman–Crippen MR) is 99.0 cm³/mol. The minimum atomic E-state index is 0.510. The number of aromatic nitrogens is 5. The fourth-order valence-electron chi connectivity index (χ4n) is 4.39. The molecule has 0 N–H and O–H groups in total. The second kappa shape index (κ2) is 6.95. The molecule has 4 heterocycles. The van der Waals surface area contributed by atoms with E-state index in [1.54, 1.807) is 0 Å². The molecular formula is C19H27N7. The van der Waals surface area contributed by atoms with Crippen molar-refractivity contribution in [3.8, 4) is 0 Å². The minimum Gasteiger partial charge on any atom is -0.341 e. The molecule has 0 spiro atoms. The fourth-order valence-corrected chi connectivity index (χ4v) is 4.39. The van der Waals surface area contributed by atoms with Crippen LogP contribution in [0.5, 0.6) is 0 Å². The van der Waals surface area contributed by atoms with Crippen molar-refractivity contribution in [3.63, 3.8) is 0 Å². The Labute approximate surface area is 154 Å². The largest absolute Gasteiger partial charge is 0.341 e. The molecule has 5 rings (SSSR count). The number of hydrogen-bond acceptors (Lipinski definition) is 6. The van der Waals surface area contributed by atoms with E-state index in [-0.39, 0.29) is 0 Å². The van der Waals surface area contributed by atoms with Gasteiger partial charge in [0.2, 0.25) is 5.95 Å². The topological polar surface area (TPSA) is 63.0 Å². The van der Waals surface area contributed by atoms with E-state index in [4.69, 9.17) is 0 Å². The van der Waals surface area contributed by atoms with Gasteiger partial charge in [-0.3, -0.25) is 4.90 Å². The Morgan fingerprint density at radius 3 is 2.31 bits per heavy atom. The predicted octanol–water partition coefficient (Wildman–Crippen LogP) is 2.38. The van der Waals surface area contributed by atoms with E-state index in [2.05, 4.69) is 34.5 Å². The fraction of sp³-hybridized carbons (Fsp3) is 0.684. The Morgan fingerprint density at radius 1 is 0.885 bits per heavy atom. The second-order valence-electron chi connectivity index (χ2n) is 7.87. The Kier molecular flexibility index (Phi) is 4.32. The number of piperidine rings is 1. The van der Waals surface area contributed by atoms with Gasteiger partial charge in [0.05, 0.1) is 6.54 Å². The summed E-state index contributed by atoms with van der Waals surface area (Å²) >= 11 is 0. The number of hydrogen-bond donors (Lipinski definition) is 0. The van der Waals surface area contributed by atoms with E-state index in [1.807, 2.05) is 18.5 Å². The van der Waals surface area contributed by atoms with Gasteiger partial charge in [-0.2, -0.15) is 0 Å². The summed E-state index contributed by atoms with van der Waals surface area (Å²) in [5.41, 5.74) is 0. The number of anilines is 1. The van der Waals surface area contributed by atoms with Gasteiger partial charge in [-0.1, -0.05) is 0 Å². The number of rotatable bonds is 5. The average Bonchev–Trinajstić information content (AvgIpc) is 3.24. The molecule has 7 heteroatoms. The molecule has 0 amide bonds. The summed E-state index contributed by atoms with van der Waals surface area (Å²) in [4.78, 5) is 13.6. The monoisotopic (exact) mass is 353 g/mol. The van der Waals surface area contributed by atoms with Crippen LogP contribution in [0.2, 0.25) is 0 Å². The molecule has 1 aliphatic carbocycles. The van der Waals surface area contributed by atoms with Crippen molar-refractivity contribution in [2.45, 2.75) is 57.0 Å². The summed E-state index contributed by atoms with van der Waals surface area (Å²) in [5.74, 6) is 3.79. The van der Waals surface area contributed by atoms with Gasteiger partial charge in [0.15, 0.2) is 0 Å². The first-order valence-electron chi connectivity index (χ1n) is 10.1. The van der Waals surface area contributed by atoms with E-state index >= 15 is 0 Å². The van der Waals surface area contributed by atoms with Crippen LogP contribution in [0.3, 0.4) is 0 Å². The molecule has 0 unspecified atom stereocenters. The first-order valence-corrected chi connectivity index (χ1v) is 10.1. The van der Waals surface area contributed by atoms with Crippen LogP contribution in [0.1, 0.15) is 62.1 Å². The van der Waals surface area contributed by atoms with E-state index in [0.29, 0.717) is 12.0 Å². The molecule has 2 aliphatic heterocycles. The third-order valence-electron chi connectivity index (χ3n) is 5.96. The molecule has 2 aromatic rings. The lowest BCUT2D eigenvalue weighted by Gasteiger charge is -2.31. The first-order chi connectivity index (χ1) is 12.9. The van der Waals surface area contributed by atoms with Gasteiger partial charge < -0.3 is 9.47 Å². The van der Waals surface area contributed by atoms with Gasteiger partial charge in [0, 0.05) is 37.4 Å². The van der Waals surface area contributed by atoms with Gasteiger partial charge in [0.1, 0.15) is 11.6 Å². The van der Waals surface area contributed by atoms with Crippen LogP contribution in [0.15, 0.2) is 18.5 Å². The lowest BCUT2D eigenvalue weighted by Crippen LogP contribution is -2.35. The third-order valence-corrected chi connectivity index (χ3v) is 5.96. The Morgan fingerprint density at radius 2 is 1.62 bits per heavy atom. The van der Waals surface area contributed by atoms with Gasteiger partial charge >= 0.3 is 0 Å². The third kappa shape index (κ3) is 3.20. The van der Waals surface area contributed by atoms with E-state index in [0.717, 1.165) is 38.4 Å². The van der Waals surface area contributed by atoms with E-state index < -0.39 is 0 Å². The summed E-state index contributed by atoms with van der Waals surface area (Å²) < 4.78 is 2.50. The average molecular weight is 353 g/mol. The second-order valence-corrected chi connectivity index (χ2v) is 7.87. The summed E-state index contributed by atoms with van der Waals surface area (Å²) in [6.07, 6.45) is 11.1. The molecule has 2 saturated heterocycles. The van der Waals surface area contributed by atoms with Crippen molar-refractivity contribution in [2.24, 2.45) is 0 Å². The van der Waals surface area contributed by atoms with E-state index in [9.17, 15) is 0 Å². The number of nitrogens with zero attached hydrogens (tertiary/aromatic N) is 7. The maximum atomic E-state index is 4.68. The maximum absolute atomic E-state index is 4.68. The zero-order valence-corrected chi connectivity index (χ0v) is 15.3. The molecular weight excluding hydrogens is 326 g/mol. The Bertz CT molecular complexity index is 726. The molecule has 0 bridgehead atoms. The molecule has 0 radical (unpaired) electrons. The molecule has 26 heavy (non-hydrogen) atoms. The summed E-state index contributed by atoms with van der Waals surface area (Å²) in [6, 6.07) is 2.52. The van der Waals surface area contributed by atoms with Crippen LogP contribution < -0.4 is 4.90 Å². The standard InChI is InChI=1S/C19H27N7/c1-2-11-24(10-1)14-17-22-23-18(26(17)16-4-5-16)15-6-12-25(13-7-15)19-20-8-3-9-21-19/h3,8-9,15-16H,1-2,4-7,10-14H2. The lowest BCUT2D eigenvalue weighted by molar-refractivity contribution is 0.314. The summed E-state index contributed by atoms with van der Waals surface area (Å²) in [7, 11) is 0. The highest BCUT2D eigenvalue weighted by molar-refractivity contribution is 5.29. The molecule has 2 aromatic heterocycles. The summed E-state index contributed by atoms with van der Waals surface area (Å²) in [5, 5.41) is 9.30. The van der Waals surface area contributed by atoms with Gasteiger partial charge in [-0.25, -0.2) is 9.97 Å². The van der Waals surface area contributed by atoms with Crippen LogP contribution >= 0.6 is 0 Å². The minimum absolute atomic E-state index is 0.510. The SMILES string of the molecule is c1cnc(N2CCC(c3nnc(CN4CCCC4)n3C3CC3)CC2)nc1. The molecule has 7 nitrogen and oxygen atoms in total. The molecule has 0 atom stereocenters. The Hall–Kier alpha value is -2.02. The Balaban J connectivity index is 1.30. The van der Waals surface area contributed by atoms with Crippen molar-refractivity contribution in [3.05, 3.63) is 30.1 Å². The highest BCUT2D eigenvalue weighted by Crippen LogP contribution is 2.40. The van der Waals surface area contributed by atoms with Gasteiger partial charge in [0.25, 0.3) is 0 Å². The number of likely N-dealkylation sites (tertiary alicyclic amines) is 1. The quantitative estimate of drug-likeness (QED) is 0.822. The van der Waals surface area contributed by atoms with Gasteiger partial charge in [-0.05, 0) is 57.7 Å². The maximum Gasteiger partial charge on any atom is 0.225 e. The first kappa shape index (κ1) is 16.2. The van der Waals surface area contributed by atoms with Crippen LogP contribution in [0.4, 0.5) is 5.95 Å². The van der Waals surface area contributed by atoms with Crippen LogP contribution in [0, 0.1) is 0 Å². The van der Waals surface area contributed by atoms with Crippen molar-refractivity contribution in [2.75, 3.05) is 31.1 Å². The highest BCUT2D eigenvalue weighted by Gasteiger charge is 2.34. The zero-order valence-electron chi connectivity index (χ0n) is 15.3. The molecule has 3 fully saturated rings. The van der Waals surface area contributed by atoms with Gasteiger partial charge in [-0.15, -0.1) is 10.2 Å². The molecule has 1 saturated carbocycles. The molecule has 3 aliphatic rings. The summed E-state index contributed by atoms with van der Waals surface area (Å²) in [6.45, 7) is 5.38. The van der Waals surface area contributed by atoms with Crippen molar-refractivity contribution >= 4 is 5.95 Å².